The van der Waals surface area contributed by atoms with Gasteiger partial charge in [0.05, 0.1) is 18.5 Å². The molecule has 0 saturated heterocycles. The molecule has 0 radical (unpaired) electrons. The van der Waals surface area contributed by atoms with E-state index in [2.05, 4.69) is 20.4 Å². The van der Waals surface area contributed by atoms with Crippen molar-refractivity contribution in [2.75, 3.05) is 12.4 Å². The summed E-state index contributed by atoms with van der Waals surface area (Å²) in [4.78, 5) is 21.9. The highest BCUT2D eigenvalue weighted by Gasteiger charge is 2.23. The number of nitrogens with two attached hydrogens (primary N) is 1. The van der Waals surface area contributed by atoms with Crippen molar-refractivity contribution in [3.8, 4) is 28.4 Å². The lowest BCUT2D eigenvalue weighted by molar-refractivity contribution is 0.102. The first-order valence-electron chi connectivity index (χ1n) is 9.64. The fourth-order valence-electron chi connectivity index (χ4n) is 3.17. The molecule has 8 nitrogen and oxygen atoms in total. The lowest BCUT2D eigenvalue weighted by Gasteiger charge is -2.11. The molecule has 0 aliphatic rings. The molecule has 3 heterocycles. The molecule has 1 amide bonds. The Bertz CT molecular complexity index is 1200. The lowest BCUT2D eigenvalue weighted by atomic mass is 10.1. The number of carbonyl (C=O) groups is 1. The number of aromatic nitrogens is 3. The van der Waals surface area contributed by atoms with Crippen molar-refractivity contribution in [1.82, 2.24) is 15.1 Å². The molecule has 0 unspecified atom stereocenters. The van der Waals surface area contributed by atoms with E-state index in [9.17, 15) is 4.79 Å². The van der Waals surface area contributed by atoms with Crippen LogP contribution in [0.1, 0.15) is 21.8 Å². The number of anilines is 1. The molecular weight excluding hydrogens is 394 g/mol. The van der Waals surface area contributed by atoms with Crippen molar-refractivity contribution < 1.29 is 14.1 Å². The normalized spacial score (nSPS) is 10.7. The maximum absolute atomic E-state index is 13.1. The van der Waals surface area contributed by atoms with Crippen molar-refractivity contribution >= 4 is 11.6 Å². The Balaban J connectivity index is 1.63. The molecule has 8 heteroatoms. The Morgan fingerprint density at radius 2 is 1.90 bits per heavy atom. The molecule has 31 heavy (non-hydrogen) atoms. The molecule has 4 aromatic rings. The second-order valence-electron chi connectivity index (χ2n) is 6.78. The van der Waals surface area contributed by atoms with Crippen LogP contribution in [0, 0.1) is 6.92 Å². The van der Waals surface area contributed by atoms with Crippen LogP contribution in [-0.2, 0) is 6.54 Å². The minimum absolute atomic E-state index is 0.282. The Kier molecular flexibility index (Phi) is 5.72. The molecule has 0 aliphatic carbocycles. The summed E-state index contributed by atoms with van der Waals surface area (Å²) in [6.07, 6.45) is 1.70. The largest absolute Gasteiger partial charge is 0.479 e. The maximum atomic E-state index is 13.1. The zero-order valence-corrected chi connectivity index (χ0v) is 17.1. The first-order chi connectivity index (χ1) is 15.1. The number of hydrogen-bond donors (Lipinski definition) is 2. The van der Waals surface area contributed by atoms with Gasteiger partial charge < -0.3 is 20.3 Å². The van der Waals surface area contributed by atoms with Crippen molar-refractivity contribution in [2.24, 2.45) is 5.73 Å². The average molecular weight is 415 g/mol. The molecule has 3 aromatic heterocycles. The monoisotopic (exact) mass is 415 g/mol. The number of nitrogens with zero attached hydrogens (tertiary/aromatic N) is 3. The third kappa shape index (κ3) is 4.15. The van der Waals surface area contributed by atoms with E-state index in [1.807, 2.05) is 42.5 Å². The molecule has 0 aliphatic heterocycles. The summed E-state index contributed by atoms with van der Waals surface area (Å²) in [5.74, 6) is 0.342. The smallest absolute Gasteiger partial charge is 0.261 e. The molecule has 0 fully saturated rings. The second-order valence-corrected chi connectivity index (χ2v) is 6.78. The SMILES string of the molecule is COc1nc(-c2ccc(CN)nc2)ccc1NC(=O)c1c(-c2ccccc2)noc1C. The van der Waals surface area contributed by atoms with E-state index in [4.69, 9.17) is 15.0 Å². The van der Waals surface area contributed by atoms with Crippen LogP contribution >= 0.6 is 0 Å². The molecule has 0 spiro atoms. The van der Waals surface area contributed by atoms with Crippen LogP contribution in [0.4, 0.5) is 5.69 Å². The van der Waals surface area contributed by atoms with Crippen LogP contribution in [0.15, 0.2) is 65.3 Å². The highest BCUT2D eigenvalue weighted by molar-refractivity contribution is 6.09. The van der Waals surface area contributed by atoms with Crippen molar-refractivity contribution in [3.63, 3.8) is 0 Å². The minimum Gasteiger partial charge on any atom is -0.479 e. The van der Waals surface area contributed by atoms with Gasteiger partial charge in [-0.3, -0.25) is 9.78 Å². The van der Waals surface area contributed by atoms with E-state index < -0.39 is 0 Å². The van der Waals surface area contributed by atoms with Gasteiger partial charge in [0.25, 0.3) is 5.91 Å². The quantitative estimate of drug-likeness (QED) is 0.492. The van der Waals surface area contributed by atoms with Crippen molar-refractivity contribution in [3.05, 3.63) is 77.8 Å². The van der Waals surface area contributed by atoms with Crippen molar-refractivity contribution in [1.29, 1.82) is 0 Å². The lowest BCUT2D eigenvalue weighted by Crippen LogP contribution is -2.14. The van der Waals surface area contributed by atoms with Gasteiger partial charge >= 0.3 is 0 Å². The summed E-state index contributed by atoms with van der Waals surface area (Å²) >= 11 is 0. The number of benzene rings is 1. The second kappa shape index (κ2) is 8.76. The molecule has 156 valence electrons. The molecule has 0 atom stereocenters. The van der Waals surface area contributed by atoms with Crippen molar-refractivity contribution in [2.45, 2.75) is 13.5 Å². The molecule has 4 rings (SSSR count). The predicted octanol–water partition coefficient (Wildman–Crippen LogP) is 3.83. The third-order valence-corrected chi connectivity index (χ3v) is 4.77. The standard InChI is InChI=1S/C23H21N5O3/c1-14-20(21(28-31-14)15-6-4-3-5-7-15)22(29)26-19-11-10-18(27-23(19)30-2)16-8-9-17(12-24)25-13-16/h3-11,13H,12,24H2,1-2H3,(H,26,29). The van der Waals surface area contributed by atoms with Crippen LogP contribution < -0.4 is 15.8 Å². The molecule has 0 saturated carbocycles. The highest BCUT2D eigenvalue weighted by Crippen LogP contribution is 2.30. The van der Waals surface area contributed by atoms with Crippen LogP contribution in [0.25, 0.3) is 22.5 Å². The van der Waals surface area contributed by atoms with Gasteiger partial charge in [0.2, 0.25) is 5.88 Å². The molecule has 0 bridgehead atoms. The van der Waals surface area contributed by atoms with E-state index in [0.29, 0.717) is 34.9 Å². The molecule has 1 aromatic carbocycles. The number of ether oxygens (including phenoxy) is 1. The van der Waals surface area contributed by atoms with E-state index in [1.165, 1.54) is 7.11 Å². The van der Waals surface area contributed by atoms with Crippen LogP contribution in [0.5, 0.6) is 5.88 Å². The fraction of sp³-hybridized carbons (Fsp3) is 0.130. The van der Waals surface area contributed by atoms with Gasteiger partial charge in [0.15, 0.2) is 0 Å². The summed E-state index contributed by atoms with van der Waals surface area (Å²) in [5.41, 5.74) is 9.93. The number of carbonyl (C=O) groups excluding carboxylic acids is 1. The van der Waals surface area contributed by atoms with E-state index in [1.54, 1.807) is 25.3 Å². The zero-order valence-electron chi connectivity index (χ0n) is 17.1. The van der Waals surface area contributed by atoms with Gasteiger partial charge in [0.1, 0.15) is 22.7 Å². The fourth-order valence-corrected chi connectivity index (χ4v) is 3.17. The van der Waals surface area contributed by atoms with E-state index >= 15 is 0 Å². The number of rotatable bonds is 6. The molecular formula is C23H21N5O3. The van der Waals surface area contributed by atoms with E-state index in [0.717, 1.165) is 16.8 Å². The Labute approximate surface area is 179 Å². The maximum Gasteiger partial charge on any atom is 0.261 e. The summed E-state index contributed by atoms with van der Waals surface area (Å²) in [6.45, 7) is 2.07. The van der Waals surface area contributed by atoms with Gasteiger partial charge in [-0.05, 0) is 31.2 Å². The van der Waals surface area contributed by atoms with Crippen LogP contribution in [0.3, 0.4) is 0 Å². The predicted molar refractivity (Wildman–Crippen MR) is 117 cm³/mol. The summed E-state index contributed by atoms with van der Waals surface area (Å²) in [6, 6.07) is 16.7. The third-order valence-electron chi connectivity index (χ3n) is 4.77. The van der Waals surface area contributed by atoms with Crippen LogP contribution in [0.2, 0.25) is 0 Å². The summed E-state index contributed by atoms with van der Waals surface area (Å²) in [7, 11) is 1.50. The Hall–Kier alpha value is -4.04. The summed E-state index contributed by atoms with van der Waals surface area (Å²) in [5, 5.41) is 6.91. The number of amides is 1. The van der Waals surface area contributed by atoms with Gasteiger partial charge in [-0.1, -0.05) is 35.5 Å². The topological polar surface area (TPSA) is 116 Å². The number of methoxy groups -OCH3 is 1. The number of aryl methyl sites for hydroxylation is 1. The summed E-state index contributed by atoms with van der Waals surface area (Å²) < 4.78 is 10.7. The minimum atomic E-state index is -0.362. The zero-order chi connectivity index (χ0) is 21.8. The Morgan fingerprint density at radius 1 is 1.10 bits per heavy atom. The highest BCUT2D eigenvalue weighted by atomic mass is 16.5. The Morgan fingerprint density at radius 3 is 2.58 bits per heavy atom. The van der Waals surface area contributed by atoms with E-state index in [-0.39, 0.29) is 11.8 Å². The first-order valence-corrected chi connectivity index (χ1v) is 9.64. The average Bonchev–Trinajstić information content (AvgIpc) is 3.21. The first kappa shape index (κ1) is 20.2. The van der Waals surface area contributed by atoms with Gasteiger partial charge in [-0.25, -0.2) is 4.98 Å². The number of nitrogens with one attached hydrogen (secondary N) is 1. The van der Waals surface area contributed by atoms with Crippen LogP contribution in [-0.4, -0.2) is 28.1 Å². The van der Waals surface area contributed by atoms with Gasteiger partial charge in [-0.15, -0.1) is 0 Å². The number of pyridine rings is 2. The molecule has 3 N–H and O–H groups in total. The number of hydrogen-bond acceptors (Lipinski definition) is 7. The van der Waals surface area contributed by atoms with Gasteiger partial charge in [0, 0.05) is 23.9 Å². The van der Waals surface area contributed by atoms with Gasteiger partial charge in [-0.2, -0.15) is 0 Å².